The van der Waals surface area contributed by atoms with E-state index in [9.17, 15) is 14.7 Å². The number of halogens is 2. The monoisotopic (exact) mass is 497 g/mol. The summed E-state index contributed by atoms with van der Waals surface area (Å²) in [6, 6.07) is 13.7. The average molecular weight is 498 g/mol. The summed E-state index contributed by atoms with van der Waals surface area (Å²) >= 11 is 6.26. The van der Waals surface area contributed by atoms with Gasteiger partial charge in [0.25, 0.3) is 11.7 Å². The van der Waals surface area contributed by atoms with Crippen LogP contribution < -0.4 is 19.1 Å². The Kier molecular flexibility index (Phi) is 6.66. The molecule has 1 amide bonds. The predicted octanol–water partition coefficient (Wildman–Crippen LogP) is 5.13. The molecule has 0 aromatic heterocycles. The summed E-state index contributed by atoms with van der Waals surface area (Å²) < 4.78 is 30.8. The zero-order valence-electron chi connectivity index (χ0n) is 19.0. The highest BCUT2D eigenvalue weighted by atomic mass is 35.5. The van der Waals surface area contributed by atoms with Crippen molar-refractivity contribution >= 4 is 34.7 Å². The summed E-state index contributed by atoms with van der Waals surface area (Å²) in [5, 5.41) is 11.5. The Bertz CT molecular complexity index is 1360. The van der Waals surface area contributed by atoms with Crippen LogP contribution in [0, 0.1) is 5.82 Å². The SMILES string of the molecule is COc1cccc(N2C(=O)C(=O)/C(=C(/O)c3cc(Cl)c(OC)cc3OC)C2c2ccccc2F)c1. The predicted molar refractivity (Wildman–Crippen MR) is 129 cm³/mol. The fraction of sp³-hybridized carbons (Fsp3) is 0.154. The van der Waals surface area contributed by atoms with Gasteiger partial charge in [0.1, 0.15) is 28.8 Å². The van der Waals surface area contributed by atoms with Crippen LogP contribution in [0.1, 0.15) is 17.2 Å². The molecule has 1 aliphatic rings. The smallest absolute Gasteiger partial charge is 0.300 e. The van der Waals surface area contributed by atoms with E-state index in [0.717, 1.165) is 4.90 Å². The third kappa shape index (κ3) is 4.17. The van der Waals surface area contributed by atoms with E-state index >= 15 is 4.39 Å². The number of methoxy groups -OCH3 is 3. The van der Waals surface area contributed by atoms with Crippen LogP contribution in [0.15, 0.2) is 66.2 Å². The molecule has 7 nitrogen and oxygen atoms in total. The molecule has 4 rings (SSSR count). The largest absolute Gasteiger partial charge is 0.507 e. The lowest BCUT2D eigenvalue weighted by molar-refractivity contribution is -0.132. The molecule has 1 aliphatic heterocycles. The Morgan fingerprint density at radius 1 is 0.943 bits per heavy atom. The summed E-state index contributed by atoms with van der Waals surface area (Å²) in [7, 11) is 4.24. The maximum Gasteiger partial charge on any atom is 0.300 e. The zero-order chi connectivity index (χ0) is 25.3. The van der Waals surface area contributed by atoms with Gasteiger partial charge in [0, 0.05) is 23.4 Å². The van der Waals surface area contributed by atoms with Gasteiger partial charge in [-0.05, 0) is 24.3 Å². The van der Waals surface area contributed by atoms with Crippen LogP contribution in [0.25, 0.3) is 5.76 Å². The van der Waals surface area contributed by atoms with Gasteiger partial charge in [-0.2, -0.15) is 0 Å². The van der Waals surface area contributed by atoms with Crippen molar-refractivity contribution in [2.75, 3.05) is 26.2 Å². The maximum absolute atomic E-state index is 15.0. The zero-order valence-corrected chi connectivity index (χ0v) is 19.8. The second kappa shape index (κ2) is 9.68. The van der Waals surface area contributed by atoms with Gasteiger partial charge in [0.05, 0.1) is 43.5 Å². The second-order valence-electron chi connectivity index (χ2n) is 7.58. The van der Waals surface area contributed by atoms with Crippen molar-refractivity contribution in [3.8, 4) is 17.2 Å². The highest BCUT2D eigenvalue weighted by Crippen LogP contribution is 2.45. The quantitative estimate of drug-likeness (QED) is 0.289. The molecule has 1 atom stereocenters. The van der Waals surface area contributed by atoms with Gasteiger partial charge in [0.2, 0.25) is 0 Å². The standard InChI is InChI=1S/C26H21ClFNO6/c1-33-15-8-6-7-14(11-15)29-23(16-9-4-5-10-19(16)28)22(25(31)26(29)32)24(30)17-12-18(27)21(35-3)13-20(17)34-2/h4-13,23,30H,1-3H3/b24-22+. The summed E-state index contributed by atoms with van der Waals surface area (Å²) in [6.07, 6.45) is 0. The molecular weight excluding hydrogens is 477 g/mol. The summed E-state index contributed by atoms with van der Waals surface area (Å²) in [5.41, 5.74) is 0.0406. The number of amides is 1. The molecule has 0 radical (unpaired) electrons. The highest BCUT2D eigenvalue weighted by molar-refractivity contribution is 6.51. The second-order valence-corrected chi connectivity index (χ2v) is 7.99. The van der Waals surface area contributed by atoms with Crippen LogP contribution >= 0.6 is 11.6 Å². The van der Waals surface area contributed by atoms with E-state index in [0.29, 0.717) is 11.4 Å². The fourth-order valence-electron chi connectivity index (χ4n) is 4.04. The normalized spacial score (nSPS) is 16.9. The lowest BCUT2D eigenvalue weighted by Crippen LogP contribution is -2.29. The molecule has 0 aliphatic carbocycles. The molecule has 0 spiro atoms. The van der Waals surface area contributed by atoms with Gasteiger partial charge in [-0.15, -0.1) is 0 Å². The van der Waals surface area contributed by atoms with Gasteiger partial charge >= 0.3 is 0 Å². The molecule has 35 heavy (non-hydrogen) atoms. The van der Waals surface area contributed by atoms with Crippen LogP contribution in [0.2, 0.25) is 5.02 Å². The molecule has 1 fully saturated rings. The Morgan fingerprint density at radius 3 is 2.31 bits per heavy atom. The number of carbonyl (C=O) groups is 2. The minimum Gasteiger partial charge on any atom is -0.507 e. The molecular formula is C26H21ClFNO6. The lowest BCUT2D eigenvalue weighted by Gasteiger charge is -2.26. The maximum atomic E-state index is 15.0. The fourth-order valence-corrected chi connectivity index (χ4v) is 4.28. The van der Waals surface area contributed by atoms with E-state index in [4.69, 9.17) is 25.8 Å². The van der Waals surface area contributed by atoms with Crippen molar-refractivity contribution in [2.24, 2.45) is 0 Å². The number of ether oxygens (including phenoxy) is 3. The molecule has 1 N–H and O–H groups in total. The van der Waals surface area contributed by atoms with Crippen LogP contribution in [0.4, 0.5) is 10.1 Å². The first-order chi connectivity index (χ1) is 16.8. The Balaban J connectivity index is 2.01. The molecule has 1 heterocycles. The first kappa shape index (κ1) is 24.1. The molecule has 1 unspecified atom stereocenters. The first-order valence-corrected chi connectivity index (χ1v) is 10.8. The number of carbonyl (C=O) groups excluding carboxylic acids is 2. The van der Waals surface area contributed by atoms with Crippen molar-refractivity contribution in [1.82, 2.24) is 0 Å². The van der Waals surface area contributed by atoms with Crippen LogP contribution in [0.3, 0.4) is 0 Å². The molecule has 1 saturated heterocycles. The number of ketones is 1. The third-order valence-electron chi connectivity index (χ3n) is 5.70. The number of rotatable bonds is 6. The van der Waals surface area contributed by atoms with Crippen LogP contribution in [-0.4, -0.2) is 38.1 Å². The molecule has 0 bridgehead atoms. The van der Waals surface area contributed by atoms with Crippen molar-refractivity contribution in [1.29, 1.82) is 0 Å². The van der Waals surface area contributed by atoms with E-state index in [1.807, 2.05) is 0 Å². The van der Waals surface area contributed by atoms with Gasteiger partial charge in [-0.25, -0.2) is 4.39 Å². The van der Waals surface area contributed by atoms with Gasteiger partial charge in [0.15, 0.2) is 0 Å². The number of nitrogens with zero attached hydrogens (tertiary/aromatic N) is 1. The molecule has 180 valence electrons. The van der Waals surface area contributed by atoms with Gasteiger partial charge in [-0.1, -0.05) is 35.9 Å². The van der Waals surface area contributed by atoms with Gasteiger partial charge < -0.3 is 19.3 Å². The van der Waals surface area contributed by atoms with Gasteiger partial charge in [-0.3, -0.25) is 14.5 Å². The van der Waals surface area contributed by atoms with E-state index in [1.165, 1.54) is 51.7 Å². The molecule has 3 aromatic carbocycles. The number of aliphatic hydroxyl groups is 1. The van der Waals surface area contributed by atoms with Crippen molar-refractivity contribution in [3.63, 3.8) is 0 Å². The van der Waals surface area contributed by atoms with E-state index in [2.05, 4.69) is 0 Å². The van der Waals surface area contributed by atoms with Crippen molar-refractivity contribution < 1.29 is 33.3 Å². The minimum atomic E-state index is -1.27. The Labute approximate surface area is 205 Å². The van der Waals surface area contributed by atoms with Crippen molar-refractivity contribution in [3.05, 3.63) is 88.2 Å². The molecule has 3 aromatic rings. The number of Topliss-reactive ketones (excluding diaryl/α,β-unsaturated/α-hetero) is 1. The summed E-state index contributed by atoms with van der Waals surface area (Å²) in [5.74, 6) is -2.30. The third-order valence-corrected chi connectivity index (χ3v) is 6.00. The Hall–Kier alpha value is -4.04. The lowest BCUT2D eigenvalue weighted by atomic mass is 9.94. The van der Waals surface area contributed by atoms with Crippen LogP contribution in [-0.2, 0) is 9.59 Å². The number of hydrogen-bond acceptors (Lipinski definition) is 6. The van der Waals surface area contributed by atoms with Crippen LogP contribution in [0.5, 0.6) is 17.2 Å². The minimum absolute atomic E-state index is 0.0228. The highest BCUT2D eigenvalue weighted by Gasteiger charge is 2.48. The van der Waals surface area contributed by atoms with E-state index < -0.39 is 29.3 Å². The topological polar surface area (TPSA) is 85.3 Å². The average Bonchev–Trinajstić information content (AvgIpc) is 3.13. The summed E-state index contributed by atoms with van der Waals surface area (Å²) in [4.78, 5) is 27.7. The number of anilines is 1. The van der Waals surface area contributed by atoms with Crippen molar-refractivity contribution in [2.45, 2.75) is 6.04 Å². The molecule has 9 heteroatoms. The number of benzene rings is 3. The van der Waals surface area contributed by atoms with E-state index in [1.54, 1.807) is 30.3 Å². The number of aliphatic hydroxyl groups excluding tert-OH is 1. The Morgan fingerprint density at radius 2 is 1.66 bits per heavy atom. The first-order valence-electron chi connectivity index (χ1n) is 10.4. The molecule has 0 saturated carbocycles. The summed E-state index contributed by atoms with van der Waals surface area (Å²) in [6.45, 7) is 0. The van der Waals surface area contributed by atoms with E-state index in [-0.39, 0.29) is 33.2 Å². The number of hydrogen-bond donors (Lipinski definition) is 1.